The molecule has 0 aliphatic rings. The van der Waals surface area contributed by atoms with E-state index in [1.807, 2.05) is 67.6 Å². The minimum Gasteiger partial charge on any atom is -0.298 e. The van der Waals surface area contributed by atoms with Crippen LogP contribution in [0.25, 0.3) is 10.2 Å². The topological polar surface area (TPSA) is 45.2 Å². The molecule has 0 unspecified atom stereocenters. The molecule has 1 amide bonds. The summed E-state index contributed by atoms with van der Waals surface area (Å²) in [5.74, 6) is 0.0171. The lowest BCUT2D eigenvalue weighted by atomic mass is 9.99. The van der Waals surface area contributed by atoms with E-state index in [9.17, 15) is 4.79 Å². The Morgan fingerprint density at radius 1 is 0.931 bits per heavy atom. The van der Waals surface area contributed by atoms with Gasteiger partial charge < -0.3 is 0 Å². The van der Waals surface area contributed by atoms with Crippen molar-refractivity contribution < 1.29 is 4.79 Å². The number of anilines is 1. The van der Waals surface area contributed by atoms with Crippen LogP contribution in [-0.4, -0.2) is 24.0 Å². The number of thiazole rings is 1. The summed E-state index contributed by atoms with van der Waals surface area (Å²) >= 11 is 1.55. The van der Waals surface area contributed by atoms with Gasteiger partial charge in [-0.1, -0.05) is 84.1 Å². The van der Waals surface area contributed by atoms with Crippen molar-refractivity contribution in [2.24, 2.45) is 0 Å². The van der Waals surface area contributed by atoms with Crippen LogP contribution in [0.4, 0.5) is 5.13 Å². The number of para-hydroxylation sites is 1. The number of nitrogens with one attached hydrogen (secondary N) is 1. The fraction of sp³-hybridized carbons (Fsp3) is 0.167. The lowest BCUT2D eigenvalue weighted by Gasteiger charge is -2.23. The molecular weight excluding hydrogens is 378 g/mol. The van der Waals surface area contributed by atoms with E-state index in [-0.39, 0.29) is 18.5 Å². The predicted molar refractivity (Wildman–Crippen MR) is 120 cm³/mol. The Morgan fingerprint density at radius 3 is 2.10 bits per heavy atom. The first-order valence-electron chi connectivity index (χ1n) is 9.75. The molecular formula is C24H23N3OS. The van der Waals surface area contributed by atoms with E-state index in [1.165, 1.54) is 0 Å². The van der Waals surface area contributed by atoms with Crippen LogP contribution < -0.4 is 10.2 Å². The molecule has 0 saturated carbocycles. The standard InChI is InChI=1S/C24H23N3OS/c1-2-27(24-26-20-15-9-10-16-21(20)29-24)22(28)17-25-23(18-11-5-3-6-12-18)19-13-7-4-8-14-19/h3-16,23,25H,2,17H2,1H3. The molecule has 1 aromatic heterocycles. The maximum absolute atomic E-state index is 13.0. The number of aromatic nitrogens is 1. The van der Waals surface area contributed by atoms with Crippen LogP contribution in [0.2, 0.25) is 0 Å². The predicted octanol–water partition coefficient (Wildman–Crippen LogP) is 5.03. The van der Waals surface area contributed by atoms with Crippen molar-refractivity contribution in [1.82, 2.24) is 10.3 Å². The van der Waals surface area contributed by atoms with Gasteiger partial charge in [0.1, 0.15) is 0 Å². The first-order valence-corrected chi connectivity index (χ1v) is 10.6. The van der Waals surface area contributed by atoms with Crippen LogP contribution in [0.5, 0.6) is 0 Å². The highest BCUT2D eigenvalue weighted by atomic mass is 32.1. The normalized spacial score (nSPS) is 11.1. The van der Waals surface area contributed by atoms with E-state index in [0.717, 1.165) is 26.5 Å². The van der Waals surface area contributed by atoms with Gasteiger partial charge in [0.15, 0.2) is 5.13 Å². The summed E-state index contributed by atoms with van der Waals surface area (Å²) < 4.78 is 1.09. The molecule has 0 fully saturated rings. The minimum atomic E-state index is -0.0459. The van der Waals surface area contributed by atoms with E-state index < -0.39 is 0 Å². The number of rotatable bonds is 7. The average Bonchev–Trinajstić information content (AvgIpc) is 3.19. The lowest BCUT2D eigenvalue weighted by molar-refractivity contribution is -0.117. The van der Waals surface area contributed by atoms with E-state index in [1.54, 1.807) is 16.2 Å². The van der Waals surface area contributed by atoms with E-state index in [0.29, 0.717) is 6.54 Å². The van der Waals surface area contributed by atoms with Gasteiger partial charge in [0, 0.05) is 6.54 Å². The highest BCUT2D eigenvalue weighted by Gasteiger charge is 2.20. The van der Waals surface area contributed by atoms with Crippen molar-refractivity contribution in [2.75, 3.05) is 18.0 Å². The third-order valence-corrected chi connectivity index (χ3v) is 5.91. The summed E-state index contributed by atoms with van der Waals surface area (Å²) in [4.78, 5) is 19.4. The summed E-state index contributed by atoms with van der Waals surface area (Å²) in [5, 5.41) is 4.20. The first-order chi connectivity index (χ1) is 14.3. The van der Waals surface area contributed by atoms with Gasteiger partial charge in [0.25, 0.3) is 0 Å². The van der Waals surface area contributed by atoms with E-state index >= 15 is 0 Å². The van der Waals surface area contributed by atoms with Crippen molar-refractivity contribution >= 4 is 32.6 Å². The van der Waals surface area contributed by atoms with Crippen LogP contribution in [0.3, 0.4) is 0 Å². The van der Waals surface area contributed by atoms with Gasteiger partial charge in [-0.15, -0.1) is 0 Å². The van der Waals surface area contributed by atoms with Crippen molar-refractivity contribution in [3.05, 3.63) is 96.1 Å². The quantitative estimate of drug-likeness (QED) is 0.472. The van der Waals surface area contributed by atoms with Gasteiger partial charge in [-0.3, -0.25) is 15.0 Å². The van der Waals surface area contributed by atoms with Crippen LogP contribution in [0, 0.1) is 0 Å². The molecule has 0 saturated heterocycles. The maximum atomic E-state index is 13.0. The smallest absolute Gasteiger partial charge is 0.242 e. The molecule has 5 heteroatoms. The second-order valence-electron chi connectivity index (χ2n) is 6.74. The Hall–Kier alpha value is -3.02. The fourth-order valence-electron chi connectivity index (χ4n) is 3.40. The Labute approximate surface area is 174 Å². The number of benzene rings is 3. The maximum Gasteiger partial charge on any atom is 0.242 e. The molecule has 4 rings (SSSR count). The zero-order valence-electron chi connectivity index (χ0n) is 16.3. The Bertz CT molecular complexity index is 1010. The largest absolute Gasteiger partial charge is 0.298 e. The zero-order chi connectivity index (χ0) is 20.1. The van der Waals surface area contributed by atoms with Crippen molar-refractivity contribution in [2.45, 2.75) is 13.0 Å². The first kappa shape index (κ1) is 19.3. The highest BCUT2D eigenvalue weighted by Crippen LogP contribution is 2.28. The van der Waals surface area contributed by atoms with Crippen LogP contribution in [-0.2, 0) is 4.79 Å². The van der Waals surface area contributed by atoms with Gasteiger partial charge in [-0.05, 0) is 30.2 Å². The molecule has 0 aliphatic carbocycles. The number of carbonyl (C=O) groups excluding carboxylic acids is 1. The number of fused-ring (bicyclic) bond motifs is 1. The molecule has 0 bridgehead atoms. The number of carbonyl (C=O) groups is 1. The van der Waals surface area contributed by atoms with Gasteiger partial charge in [-0.2, -0.15) is 0 Å². The Morgan fingerprint density at radius 2 is 1.52 bits per heavy atom. The third-order valence-electron chi connectivity index (χ3n) is 4.85. The number of nitrogens with zero attached hydrogens (tertiary/aromatic N) is 2. The second kappa shape index (κ2) is 8.99. The number of hydrogen-bond donors (Lipinski definition) is 1. The number of amides is 1. The van der Waals surface area contributed by atoms with Crippen LogP contribution in [0.1, 0.15) is 24.1 Å². The summed E-state index contributed by atoms with van der Waals surface area (Å²) in [5.41, 5.74) is 3.20. The van der Waals surface area contributed by atoms with Crippen LogP contribution in [0.15, 0.2) is 84.9 Å². The third kappa shape index (κ3) is 4.36. The van der Waals surface area contributed by atoms with Gasteiger partial charge >= 0.3 is 0 Å². The lowest BCUT2D eigenvalue weighted by Crippen LogP contribution is -2.39. The molecule has 29 heavy (non-hydrogen) atoms. The minimum absolute atomic E-state index is 0.0171. The van der Waals surface area contributed by atoms with E-state index in [2.05, 4.69) is 34.6 Å². The molecule has 3 aromatic carbocycles. The molecule has 4 aromatic rings. The number of hydrogen-bond acceptors (Lipinski definition) is 4. The van der Waals surface area contributed by atoms with E-state index in [4.69, 9.17) is 0 Å². The van der Waals surface area contributed by atoms with Crippen molar-refractivity contribution in [1.29, 1.82) is 0 Å². The molecule has 0 spiro atoms. The van der Waals surface area contributed by atoms with Gasteiger partial charge in [0.05, 0.1) is 22.8 Å². The van der Waals surface area contributed by atoms with Crippen molar-refractivity contribution in [3.63, 3.8) is 0 Å². The summed E-state index contributed by atoms with van der Waals surface area (Å²) in [7, 11) is 0. The summed E-state index contributed by atoms with van der Waals surface area (Å²) in [6.07, 6.45) is 0. The fourth-order valence-corrected chi connectivity index (χ4v) is 4.44. The summed E-state index contributed by atoms with van der Waals surface area (Å²) in [6.45, 7) is 2.80. The molecule has 1 N–H and O–H groups in total. The molecule has 0 atom stereocenters. The highest BCUT2D eigenvalue weighted by molar-refractivity contribution is 7.22. The summed E-state index contributed by atoms with van der Waals surface area (Å²) in [6, 6.07) is 28.4. The molecule has 4 nitrogen and oxygen atoms in total. The molecule has 0 radical (unpaired) electrons. The second-order valence-corrected chi connectivity index (χ2v) is 7.75. The monoisotopic (exact) mass is 401 g/mol. The van der Waals surface area contributed by atoms with Crippen LogP contribution >= 0.6 is 11.3 Å². The Balaban J connectivity index is 1.53. The molecule has 146 valence electrons. The van der Waals surface area contributed by atoms with Gasteiger partial charge in [0.2, 0.25) is 5.91 Å². The van der Waals surface area contributed by atoms with Crippen molar-refractivity contribution in [3.8, 4) is 0 Å². The Kier molecular flexibility index (Phi) is 5.98. The zero-order valence-corrected chi connectivity index (χ0v) is 17.1. The average molecular weight is 402 g/mol. The molecule has 0 aliphatic heterocycles. The number of likely N-dealkylation sites (N-methyl/N-ethyl adjacent to an activating group) is 1. The molecule has 1 heterocycles. The SMILES string of the molecule is CCN(C(=O)CNC(c1ccccc1)c1ccccc1)c1nc2ccccc2s1. The van der Waals surface area contributed by atoms with Gasteiger partial charge in [-0.25, -0.2) is 4.98 Å².